The first-order valence-electron chi connectivity index (χ1n) is 6.41. The third-order valence-electron chi connectivity index (χ3n) is 3.64. The van der Waals surface area contributed by atoms with Gasteiger partial charge >= 0.3 is 0 Å². The molecule has 2 unspecified atom stereocenters. The summed E-state index contributed by atoms with van der Waals surface area (Å²) in [6.45, 7) is 9.79. The molecular formula is C12H24N2OS. The second kappa shape index (κ2) is 5.71. The van der Waals surface area contributed by atoms with Crippen molar-refractivity contribution in [2.75, 3.05) is 38.5 Å². The van der Waals surface area contributed by atoms with Crippen molar-refractivity contribution in [1.82, 2.24) is 9.80 Å². The largest absolute Gasteiger partial charge is 0.377 e. The molecule has 2 atom stereocenters. The third-order valence-corrected chi connectivity index (χ3v) is 3.84. The summed E-state index contributed by atoms with van der Waals surface area (Å²) in [6, 6.07) is 1.59. The molecule has 16 heavy (non-hydrogen) atoms. The minimum Gasteiger partial charge on any atom is -0.377 e. The van der Waals surface area contributed by atoms with E-state index >= 15 is 0 Å². The normalized spacial score (nSPS) is 30.8. The summed E-state index contributed by atoms with van der Waals surface area (Å²) in [6.07, 6.45) is 1.76. The molecule has 3 rings (SSSR count). The van der Waals surface area contributed by atoms with Crippen LogP contribution in [-0.2, 0) is 4.74 Å². The lowest BCUT2D eigenvalue weighted by Gasteiger charge is -2.56. The van der Waals surface area contributed by atoms with Crippen LogP contribution < -0.4 is 0 Å². The Kier molecular flexibility index (Phi) is 4.53. The van der Waals surface area contributed by atoms with Gasteiger partial charge in [0.05, 0.1) is 12.7 Å². The summed E-state index contributed by atoms with van der Waals surface area (Å²) in [5, 5.41) is 0. The number of hydrogen-bond donors (Lipinski definition) is 1. The summed E-state index contributed by atoms with van der Waals surface area (Å²) in [5.41, 5.74) is 0. The van der Waals surface area contributed by atoms with Crippen LogP contribution in [0.3, 0.4) is 0 Å². The number of rotatable bonds is 6. The number of fused-ring (bicyclic) bond motifs is 2. The van der Waals surface area contributed by atoms with Gasteiger partial charge in [0, 0.05) is 44.0 Å². The lowest BCUT2D eigenvalue weighted by Crippen LogP contribution is -2.69. The molecule has 0 aromatic heterocycles. The monoisotopic (exact) mass is 244 g/mol. The number of piperazine rings is 1. The summed E-state index contributed by atoms with van der Waals surface area (Å²) in [7, 11) is 0. The van der Waals surface area contributed by atoms with Gasteiger partial charge in [0.1, 0.15) is 0 Å². The predicted molar refractivity (Wildman–Crippen MR) is 70.3 cm³/mol. The molecule has 94 valence electrons. The van der Waals surface area contributed by atoms with E-state index < -0.39 is 0 Å². The van der Waals surface area contributed by atoms with E-state index in [0.717, 1.165) is 37.5 Å². The van der Waals surface area contributed by atoms with Gasteiger partial charge in [-0.05, 0) is 20.3 Å². The molecule has 0 spiro atoms. The van der Waals surface area contributed by atoms with E-state index in [1.54, 1.807) is 0 Å². The molecule has 0 radical (unpaired) electrons. The molecule has 0 aromatic rings. The summed E-state index contributed by atoms with van der Waals surface area (Å²) >= 11 is 4.32. The molecule has 0 aromatic carbocycles. The minimum absolute atomic E-state index is 0.361. The summed E-state index contributed by atoms with van der Waals surface area (Å²) < 4.78 is 5.60. The van der Waals surface area contributed by atoms with Crippen LogP contribution in [0, 0.1) is 0 Å². The topological polar surface area (TPSA) is 15.7 Å². The first-order chi connectivity index (χ1) is 7.70. The van der Waals surface area contributed by atoms with E-state index in [1.165, 1.54) is 19.5 Å². The van der Waals surface area contributed by atoms with Crippen molar-refractivity contribution in [3.8, 4) is 0 Å². The van der Waals surface area contributed by atoms with Crippen LogP contribution >= 0.6 is 12.6 Å². The van der Waals surface area contributed by atoms with Gasteiger partial charge in [-0.2, -0.15) is 12.6 Å². The molecule has 0 aliphatic carbocycles. The van der Waals surface area contributed by atoms with E-state index in [0.29, 0.717) is 6.10 Å². The van der Waals surface area contributed by atoms with E-state index in [9.17, 15) is 0 Å². The van der Waals surface area contributed by atoms with Crippen LogP contribution in [-0.4, -0.2) is 66.5 Å². The van der Waals surface area contributed by atoms with Gasteiger partial charge in [-0.1, -0.05) is 0 Å². The van der Waals surface area contributed by atoms with Gasteiger partial charge < -0.3 is 4.74 Å². The Bertz CT molecular complexity index is 213. The zero-order chi connectivity index (χ0) is 11.5. The second-order valence-electron chi connectivity index (χ2n) is 5.18. The molecule has 3 nitrogen and oxygen atoms in total. The van der Waals surface area contributed by atoms with Crippen molar-refractivity contribution in [3.63, 3.8) is 0 Å². The quantitative estimate of drug-likeness (QED) is 0.705. The van der Waals surface area contributed by atoms with Crippen molar-refractivity contribution in [3.05, 3.63) is 0 Å². The predicted octanol–water partition coefficient (Wildman–Crippen LogP) is 1.10. The molecule has 4 heteroatoms. The van der Waals surface area contributed by atoms with Gasteiger partial charge in [0.25, 0.3) is 0 Å². The molecule has 3 aliphatic heterocycles. The molecular weight excluding hydrogens is 220 g/mol. The van der Waals surface area contributed by atoms with Crippen LogP contribution in [0.1, 0.15) is 20.3 Å². The van der Waals surface area contributed by atoms with E-state index in [2.05, 4.69) is 36.3 Å². The van der Waals surface area contributed by atoms with Crippen LogP contribution in [0.2, 0.25) is 0 Å². The van der Waals surface area contributed by atoms with Crippen LogP contribution in [0.25, 0.3) is 0 Å². The Morgan fingerprint density at radius 3 is 2.50 bits per heavy atom. The number of hydrogen-bond acceptors (Lipinski definition) is 4. The van der Waals surface area contributed by atoms with Crippen molar-refractivity contribution in [2.45, 2.75) is 38.5 Å². The fourth-order valence-corrected chi connectivity index (χ4v) is 3.09. The molecule has 3 aliphatic rings. The Morgan fingerprint density at radius 1 is 1.25 bits per heavy atom. The van der Waals surface area contributed by atoms with Crippen LogP contribution in [0.4, 0.5) is 0 Å². The first kappa shape index (κ1) is 12.7. The Hall–Kier alpha value is 0.230. The highest BCUT2D eigenvalue weighted by Gasteiger charge is 2.43. The van der Waals surface area contributed by atoms with E-state index in [-0.39, 0.29) is 0 Å². The fourth-order valence-electron chi connectivity index (χ4n) is 2.86. The highest BCUT2D eigenvalue weighted by Crippen LogP contribution is 2.31. The third kappa shape index (κ3) is 2.92. The van der Waals surface area contributed by atoms with Gasteiger partial charge in [0.2, 0.25) is 0 Å². The zero-order valence-electron chi connectivity index (χ0n) is 10.4. The maximum atomic E-state index is 5.60. The van der Waals surface area contributed by atoms with Gasteiger partial charge in [-0.3, -0.25) is 9.80 Å². The Labute approximate surface area is 105 Å². The fraction of sp³-hybridized carbons (Fsp3) is 1.00. The number of piperidine rings is 1. The minimum atomic E-state index is 0.361. The van der Waals surface area contributed by atoms with Crippen molar-refractivity contribution < 1.29 is 4.74 Å². The van der Waals surface area contributed by atoms with Crippen LogP contribution in [0.5, 0.6) is 0 Å². The molecule has 3 heterocycles. The molecule has 0 N–H and O–H groups in total. The SMILES string of the molecule is CC(C)OCCN1CC2CC(C1)N2CCS. The van der Waals surface area contributed by atoms with Gasteiger partial charge in [0.15, 0.2) is 0 Å². The van der Waals surface area contributed by atoms with Gasteiger partial charge in [-0.15, -0.1) is 0 Å². The molecule has 0 saturated carbocycles. The van der Waals surface area contributed by atoms with E-state index in [1.807, 2.05) is 0 Å². The van der Waals surface area contributed by atoms with Gasteiger partial charge in [-0.25, -0.2) is 0 Å². The lowest BCUT2D eigenvalue weighted by molar-refractivity contribution is -0.0723. The maximum Gasteiger partial charge on any atom is 0.0596 e. The number of thiol groups is 1. The van der Waals surface area contributed by atoms with Crippen molar-refractivity contribution >= 4 is 12.6 Å². The highest BCUT2D eigenvalue weighted by molar-refractivity contribution is 7.80. The highest BCUT2D eigenvalue weighted by atomic mass is 32.1. The summed E-state index contributed by atoms with van der Waals surface area (Å²) in [4.78, 5) is 5.17. The average Bonchev–Trinajstić information content (AvgIpc) is 2.25. The second-order valence-corrected chi connectivity index (χ2v) is 5.63. The molecule has 3 saturated heterocycles. The Morgan fingerprint density at radius 2 is 1.94 bits per heavy atom. The van der Waals surface area contributed by atoms with Crippen molar-refractivity contribution in [2.24, 2.45) is 0 Å². The zero-order valence-corrected chi connectivity index (χ0v) is 11.3. The maximum absolute atomic E-state index is 5.60. The average molecular weight is 244 g/mol. The standard InChI is InChI=1S/C12H24N2OS/c1-10(2)15-5-3-13-8-11-7-12(9-13)14(11)4-6-16/h10-12,16H,3-9H2,1-2H3. The smallest absolute Gasteiger partial charge is 0.0596 e. The lowest BCUT2D eigenvalue weighted by atomic mass is 9.87. The van der Waals surface area contributed by atoms with Crippen LogP contribution in [0.15, 0.2) is 0 Å². The molecule has 3 fully saturated rings. The first-order valence-corrected chi connectivity index (χ1v) is 7.04. The molecule has 0 amide bonds. The van der Waals surface area contributed by atoms with Crippen molar-refractivity contribution in [1.29, 1.82) is 0 Å². The number of nitrogens with zero attached hydrogens (tertiary/aromatic N) is 2. The Balaban J connectivity index is 1.66. The molecule has 2 bridgehead atoms. The number of ether oxygens (including phenoxy) is 1. The van der Waals surface area contributed by atoms with E-state index in [4.69, 9.17) is 4.74 Å². The summed E-state index contributed by atoms with van der Waals surface area (Å²) in [5.74, 6) is 0.990.